The predicted molar refractivity (Wildman–Crippen MR) is 103 cm³/mol. The minimum Gasteiger partial charge on any atom is -0.417 e. The Balaban J connectivity index is 1.37. The van der Waals surface area contributed by atoms with E-state index in [1.807, 2.05) is 0 Å². The van der Waals surface area contributed by atoms with E-state index in [-0.39, 0.29) is 35.7 Å². The Labute approximate surface area is 182 Å². The quantitative estimate of drug-likeness (QED) is 0.668. The molecule has 2 aromatic rings. The molecule has 2 aliphatic rings. The number of hydrogen-bond acceptors (Lipinski definition) is 7. The van der Waals surface area contributed by atoms with E-state index in [1.54, 1.807) is 4.90 Å². The summed E-state index contributed by atoms with van der Waals surface area (Å²) in [4.78, 5) is 14.5. The molecule has 2 aliphatic heterocycles. The molecule has 1 amide bonds. The minimum absolute atomic E-state index is 0.0814. The number of benzene rings is 1. The van der Waals surface area contributed by atoms with Crippen LogP contribution in [0.4, 0.5) is 13.2 Å². The van der Waals surface area contributed by atoms with Crippen LogP contribution in [0.3, 0.4) is 0 Å². The molecule has 2 fully saturated rings. The third-order valence-corrected chi connectivity index (χ3v) is 7.44. The van der Waals surface area contributed by atoms with Crippen molar-refractivity contribution in [3.63, 3.8) is 0 Å². The average molecular weight is 474 g/mol. The first-order valence-corrected chi connectivity index (χ1v) is 11.5. The van der Waals surface area contributed by atoms with E-state index in [0.29, 0.717) is 44.7 Å². The zero-order valence-corrected chi connectivity index (χ0v) is 17.7. The van der Waals surface area contributed by atoms with E-state index in [0.717, 1.165) is 0 Å². The highest BCUT2D eigenvalue weighted by Gasteiger charge is 2.39. The van der Waals surface area contributed by atoms with Crippen molar-refractivity contribution in [3.05, 3.63) is 41.6 Å². The molecule has 9 nitrogen and oxygen atoms in total. The van der Waals surface area contributed by atoms with E-state index >= 15 is 0 Å². The van der Waals surface area contributed by atoms with Gasteiger partial charge in [0.1, 0.15) is 0 Å². The molecule has 1 aromatic carbocycles. The number of ether oxygens (including phenoxy) is 1. The number of halogens is 3. The number of likely N-dealkylation sites (tertiary alicyclic amines) is 1. The van der Waals surface area contributed by atoms with E-state index in [2.05, 4.69) is 10.2 Å². The van der Waals surface area contributed by atoms with Crippen LogP contribution in [0.15, 0.2) is 33.6 Å². The highest BCUT2D eigenvalue weighted by atomic mass is 32.2. The Morgan fingerprint density at radius 1 is 1.00 bits per heavy atom. The molecule has 174 valence electrons. The Morgan fingerprint density at radius 3 is 2.19 bits per heavy atom. The van der Waals surface area contributed by atoms with Crippen molar-refractivity contribution in [1.82, 2.24) is 19.4 Å². The van der Waals surface area contributed by atoms with Crippen LogP contribution < -0.4 is 0 Å². The molecule has 1 aromatic heterocycles. The van der Waals surface area contributed by atoms with Gasteiger partial charge in [-0.2, -0.15) is 17.5 Å². The maximum Gasteiger partial charge on any atom is 0.470 e. The minimum atomic E-state index is -4.69. The number of alkyl halides is 3. The van der Waals surface area contributed by atoms with E-state index in [4.69, 9.17) is 9.15 Å². The Bertz CT molecular complexity index is 1060. The third kappa shape index (κ3) is 4.64. The van der Waals surface area contributed by atoms with Crippen LogP contribution in [0, 0.1) is 0 Å². The van der Waals surface area contributed by atoms with Gasteiger partial charge in [0.15, 0.2) is 0 Å². The maximum absolute atomic E-state index is 12.8. The Hall–Kier alpha value is -2.51. The first kappa shape index (κ1) is 22.7. The highest BCUT2D eigenvalue weighted by molar-refractivity contribution is 7.89. The van der Waals surface area contributed by atoms with Gasteiger partial charge < -0.3 is 14.1 Å². The van der Waals surface area contributed by atoms with Gasteiger partial charge in [-0.05, 0) is 37.1 Å². The van der Waals surface area contributed by atoms with Gasteiger partial charge >= 0.3 is 12.1 Å². The number of amides is 1. The summed E-state index contributed by atoms with van der Waals surface area (Å²) in [7, 11) is -3.65. The molecule has 13 heteroatoms. The first-order valence-electron chi connectivity index (χ1n) is 10.0. The number of hydrogen-bond donors (Lipinski definition) is 0. The number of aromatic nitrogens is 2. The summed E-state index contributed by atoms with van der Waals surface area (Å²) < 4.78 is 74.6. The van der Waals surface area contributed by atoms with Crippen molar-refractivity contribution in [2.45, 2.75) is 29.8 Å². The predicted octanol–water partition coefficient (Wildman–Crippen LogP) is 2.13. The summed E-state index contributed by atoms with van der Waals surface area (Å²) in [6.45, 7) is 1.85. The summed E-state index contributed by atoms with van der Waals surface area (Å²) in [5.74, 6) is -2.09. The highest BCUT2D eigenvalue weighted by Crippen LogP contribution is 2.33. The van der Waals surface area contributed by atoms with Gasteiger partial charge in [0.2, 0.25) is 15.9 Å². The molecule has 32 heavy (non-hydrogen) atoms. The van der Waals surface area contributed by atoms with Crippen LogP contribution in [0.1, 0.15) is 40.9 Å². The van der Waals surface area contributed by atoms with Crippen LogP contribution in [0.2, 0.25) is 0 Å². The molecule has 0 spiro atoms. The van der Waals surface area contributed by atoms with E-state index in [1.165, 1.54) is 28.6 Å². The molecule has 0 bridgehead atoms. The molecule has 0 saturated carbocycles. The molecule has 3 heterocycles. The standard InChI is InChI=1S/C19H21F3N4O5S/c20-19(21,22)18-24-23-16(31-18)13-5-7-25(8-6-13)17(27)14-1-3-15(4-2-14)32(28,29)26-9-11-30-12-10-26/h1-4,13H,5-12H2. The molecule has 0 atom stereocenters. The molecule has 0 radical (unpaired) electrons. The van der Waals surface area contributed by atoms with Crippen LogP contribution in [0.5, 0.6) is 0 Å². The van der Waals surface area contributed by atoms with Crippen LogP contribution in [-0.2, 0) is 20.9 Å². The zero-order valence-electron chi connectivity index (χ0n) is 16.9. The van der Waals surface area contributed by atoms with Gasteiger partial charge in [-0.1, -0.05) is 0 Å². The van der Waals surface area contributed by atoms with Gasteiger partial charge in [-0.3, -0.25) is 4.79 Å². The molecule has 0 aliphatic carbocycles. The SMILES string of the molecule is O=C(c1ccc(S(=O)(=O)N2CCOCC2)cc1)N1CCC(c2nnc(C(F)(F)F)o2)CC1. The largest absolute Gasteiger partial charge is 0.470 e. The fourth-order valence-electron chi connectivity index (χ4n) is 3.73. The van der Waals surface area contributed by atoms with Crippen LogP contribution in [0.25, 0.3) is 0 Å². The van der Waals surface area contributed by atoms with Crippen molar-refractivity contribution in [3.8, 4) is 0 Å². The van der Waals surface area contributed by atoms with Gasteiger partial charge in [0.25, 0.3) is 5.91 Å². The topological polar surface area (TPSA) is 106 Å². The molecule has 0 unspecified atom stereocenters. The lowest BCUT2D eigenvalue weighted by molar-refractivity contribution is -0.157. The van der Waals surface area contributed by atoms with Crippen molar-refractivity contribution in [2.24, 2.45) is 0 Å². The van der Waals surface area contributed by atoms with Gasteiger partial charge in [-0.25, -0.2) is 8.42 Å². The van der Waals surface area contributed by atoms with Crippen molar-refractivity contribution in [1.29, 1.82) is 0 Å². The summed E-state index contributed by atoms with van der Waals surface area (Å²) in [6.07, 6.45) is -3.92. The third-order valence-electron chi connectivity index (χ3n) is 5.52. The molecule has 4 rings (SSSR count). The number of sulfonamides is 1. The second kappa shape index (κ2) is 8.79. The first-order chi connectivity index (χ1) is 15.2. The molecule has 2 saturated heterocycles. The number of morpholine rings is 1. The lowest BCUT2D eigenvalue weighted by Gasteiger charge is -2.30. The summed E-state index contributed by atoms with van der Waals surface area (Å²) in [6, 6.07) is 5.74. The van der Waals surface area contributed by atoms with Crippen LogP contribution >= 0.6 is 0 Å². The monoisotopic (exact) mass is 474 g/mol. The van der Waals surface area contributed by atoms with E-state index in [9.17, 15) is 26.4 Å². The number of nitrogens with zero attached hydrogens (tertiary/aromatic N) is 4. The molecular weight excluding hydrogens is 453 g/mol. The Kier molecular flexibility index (Phi) is 6.23. The lowest BCUT2D eigenvalue weighted by atomic mass is 9.96. The van der Waals surface area contributed by atoms with Crippen molar-refractivity contribution < 1.29 is 35.5 Å². The summed E-state index contributed by atoms with van der Waals surface area (Å²) in [5.41, 5.74) is 0.335. The lowest BCUT2D eigenvalue weighted by Crippen LogP contribution is -2.40. The smallest absolute Gasteiger partial charge is 0.417 e. The number of carbonyl (C=O) groups excluding carboxylic acids is 1. The second-order valence-corrected chi connectivity index (χ2v) is 9.49. The number of piperidine rings is 1. The van der Waals surface area contributed by atoms with Crippen molar-refractivity contribution in [2.75, 3.05) is 39.4 Å². The summed E-state index contributed by atoms with van der Waals surface area (Å²) >= 11 is 0. The fourth-order valence-corrected chi connectivity index (χ4v) is 5.14. The Morgan fingerprint density at radius 2 is 1.62 bits per heavy atom. The average Bonchev–Trinajstić information content (AvgIpc) is 3.30. The van der Waals surface area contributed by atoms with Gasteiger partial charge in [-0.15, -0.1) is 10.2 Å². The van der Waals surface area contributed by atoms with Gasteiger partial charge in [0.05, 0.1) is 18.1 Å². The normalized spacial score (nSPS) is 19.3. The van der Waals surface area contributed by atoms with Crippen molar-refractivity contribution >= 4 is 15.9 Å². The fraction of sp³-hybridized carbons (Fsp3) is 0.526. The number of rotatable bonds is 4. The maximum atomic E-state index is 12.8. The second-order valence-electron chi connectivity index (χ2n) is 7.55. The number of carbonyl (C=O) groups is 1. The van der Waals surface area contributed by atoms with Crippen LogP contribution in [-0.4, -0.2) is 73.1 Å². The van der Waals surface area contributed by atoms with Gasteiger partial charge in [0, 0.05) is 37.7 Å². The van der Waals surface area contributed by atoms with E-state index < -0.39 is 22.1 Å². The molecule has 0 N–H and O–H groups in total. The zero-order chi connectivity index (χ0) is 22.9. The molecular formula is C19H21F3N4O5S. The summed E-state index contributed by atoms with van der Waals surface area (Å²) in [5, 5.41) is 6.54.